The highest BCUT2D eigenvalue weighted by Crippen LogP contribution is 2.20. The van der Waals surface area contributed by atoms with E-state index in [9.17, 15) is 0 Å². The van der Waals surface area contributed by atoms with Crippen molar-refractivity contribution in [2.75, 3.05) is 11.9 Å². The van der Waals surface area contributed by atoms with E-state index in [-0.39, 0.29) is 5.54 Å². The highest BCUT2D eigenvalue weighted by Gasteiger charge is 2.25. The van der Waals surface area contributed by atoms with Crippen molar-refractivity contribution in [2.24, 2.45) is 11.7 Å². The molecule has 0 spiro atoms. The molecule has 108 valence electrons. The number of nitrogens with zero attached hydrogens (tertiary/aromatic N) is 3. The van der Waals surface area contributed by atoms with Gasteiger partial charge < -0.3 is 11.1 Å². The van der Waals surface area contributed by atoms with Crippen LogP contribution in [0.1, 0.15) is 52.4 Å². The first-order valence-corrected chi connectivity index (χ1v) is 7.14. The van der Waals surface area contributed by atoms with Gasteiger partial charge in [0.1, 0.15) is 0 Å². The smallest absolute Gasteiger partial charge is 0.243 e. The van der Waals surface area contributed by atoms with Crippen LogP contribution in [0.5, 0.6) is 0 Å². The monoisotopic (exact) mass is 265 g/mol. The lowest BCUT2D eigenvalue weighted by Gasteiger charge is -2.31. The lowest BCUT2D eigenvalue weighted by atomic mass is 9.91. The third-order valence-corrected chi connectivity index (χ3v) is 3.23. The molecule has 1 rings (SSSR count). The molecule has 5 heteroatoms. The van der Waals surface area contributed by atoms with E-state index in [4.69, 9.17) is 5.73 Å². The predicted molar refractivity (Wildman–Crippen MR) is 79.1 cm³/mol. The van der Waals surface area contributed by atoms with E-state index in [1.807, 2.05) is 0 Å². The fraction of sp³-hybridized carbons (Fsp3) is 0.786. The molecule has 0 saturated carbocycles. The number of nitrogens with one attached hydrogen (secondary N) is 1. The van der Waals surface area contributed by atoms with Gasteiger partial charge in [-0.2, -0.15) is 5.10 Å². The molecule has 1 unspecified atom stereocenters. The molecule has 0 aliphatic rings. The molecule has 0 radical (unpaired) electrons. The van der Waals surface area contributed by atoms with Crippen molar-refractivity contribution >= 4 is 5.95 Å². The van der Waals surface area contributed by atoms with E-state index in [1.165, 1.54) is 0 Å². The lowest BCUT2D eigenvalue weighted by molar-refractivity contribution is 0.404. The van der Waals surface area contributed by atoms with Gasteiger partial charge in [0.2, 0.25) is 5.95 Å². The molecular weight excluding hydrogens is 238 g/mol. The van der Waals surface area contributed by atoms with Gasteiger partial charge in [-0.05, 0) is 32.1 Å². The molecule has 1 atom stereocenters. The van der Waals surface area contributed by atoms with Crippen molar-refractivity contribution in [3.63, 3.8) is 0 Å². The molecule has 0 bridgehead atoms. The summed E-state index contributed by atoms with van der Waals surface area (Å²) in [5.41, 5.74) is 7.70. The van der Waals surface area contributed by atoms with Gasteiger partial charge >= 0.3 is 0 Å². The Labute approximate surface area is 116 Å². The molecular formula is C14H27N5. The number of hydrogen-bond acceptors (Lipinski definition) is 5. The Hall–Kier alpha value is -1.23. The molecule has 0 aliphatic carbocycles. The van der Waals surface area contributed by atoms with Crippen LogP contribution < -0.4 is 11.1 Å². The molecule has 0 fully saturated rings. The fourth-order valence-corrected chi connectivity index (χ4v) is 2.35. The third kappa shape index (κ3) is 4.42. The van der Waals surface area contributed by atoms with E-state index in [1.54, 1.807) is 0 Å². The van der Waals surface area contributed by atoms with Gasteiger partial charge in [0, 0.05) is 12.1 Å². The normalized spacial score (nSPS) is 14.5. The van der Waals surface area contributed by atoms with Crippen LogP contribution in [-0.4, -0.2) is 27.3 Å². The van der Waals surface area contributed by atoms with Crippen molar-refractivity contribution < 1.29 is 0 Å². The van der Waals surface area contributed by atoms with Crippen LogP contribution in [0.4, 0.5) is 5.95 Å². The number of aryl methyl sites for hydroxylation is 2. The van der Waals surface area contributed by atoms with E-state index in [0.29, 0.717) is 18.4 Å². The van der Waals surface area contributed by atoms with Gasteiger partial charge in [-0.3, -0.25) is 0 Å². The van der Waals surface area contributed by atoms with E-state index >= 15 is 0 Å². The van der Waals surface area contributed by atoms with Gasteiger partial charge in [-0.15, -0.1) is 5.10 Å². The quantitative estimate of drug-likeness (QED) is 0.790. The minimum Gasteiger partial charge on any atom is -0.346 e. The number of aromatic nitrogens is 3. The zero-order valence-electron chi connectivity index (χ0n) is 12.8. The summed E-state index contributed by atoms with van der Waals surface area (Å²) < 4.78 is 0. The topological polar surface area (TPSA) is 76.7 Å². The van der Waals surface area contributed by atoms with Crippen molar-refractivity contribution in [3.05, 3.63) is 11.4 Å². The summed E-state index contributed by atoms with van der Waals surface area (Å²) in [5.74, 6) is 1.15. The van der Waals surface area contributed by atoms with Gasteiger partial charge in [0.25, 0.3) is 0 Å². The first kappa shape index (κ1) is 15.8. The summed E-state index contributed by atoms with van der Waals surface area (Å²) in [6, 6.07) is 0. The summed E-state index contributed by atoms with van der Waals surface area (Å²) in [5, 5.41) is 11.8. The third-order valence-electron chi connectivity index (χ3n) is 3.23. The van der Waals surface area contributed by atoms with Crippen molar-refractivity contribution in [3.8, 4) is 0 Å². The summed E-state index contributed by atoms with van der Waals surface area (Å²) in [6.45, 7) is 11.2. The standard InChI is InChI=1S/C14H27N5/c1-6-11-12(7-2)18-19-13(16-11)17-14(5,9-15)8-10(3)4/h10H,6-9,15H2,1-5H3,(H,16,17,19). The van der Waals surface area contributed by atoms with Crippen LogP contribution in [0, 0.1) is 5.92 Å². The zero-order valence-corrected chi connectivity index (χ0v) is 12.8. The maximum absolute atomic E-state index is 5.89. The Morgan fingerprint density at radius 1 is 1.16 bits per heavy atom. The van der Waals surface area contributed by atoms with Crippen LogP contribution in [0.25, 0.3) is 0 Å². The predicted octanol–water partition coefficient (Wildman–Crippen LogP) is 2.17. The molecule has 1 heterocycles. The first-order chi connectivity index (χ1) is 8.94. The zero-order chi connectivity index (χ0) is 14.5. The molecule has 5 nitrogen and oxygen atoms in total. The molecule has 0 aromatic carbocycles. The number of rotatable bonds is 7. The first-order valence-electron chi connectivity index (χ1n) is 7.14. The summed E-state index contributed by atoms with van der Waals surface area (Å²) in [7, 11) is 0. The van der Waals surface area contributed by atoms with Gasteiger partial charge in [0.05, 0.1) is 11.4 Å². The van der Waals surface area contributed by atoms with Crippen LogP contribution in [0.2, 0.25) is 0 Å². The van der Waals surface area contributed by atoms with E-state index in [0.717, 1.165) is 30.7 Å². The van der Waals surface area contributed by atoms with E-state index in [2.05, 4.69) is 55.1 Å². The highest BCUT2D eigenvalue weighted by molar-refractivity contribution is 5.30. The second-order valence-corrected chi connectivity index (χ2v) is 5.72. The number of hydrogen-bond donors (Lipinski definition) is 2. The molecule has 0 aliphatic heterocycles. The van der Waals surface area contributed by atoms with Gasteiger partial charge in [-0.1, -0.05) is 27.7 Å². The van der Waals surface area contributed by atoms with Crippen LogP contribution in [-0.2, 0) is 12.8 Å². The average molecular weight is 265 g/mol. The average Bonchev–Trinajstić information content (AvgIpc) is 2.37. The minimum absolute atomic E-state index is 0.186. The summed E-state index contributed by atoms with van der Waals surface area (Å²) in [6.07, 6.45) is 2.71. The Bertz CT molecular complexity index is 405. The number of anilines is 1. The Morgan fingerprint density at radius 3 is 2.26 bits per heavy atom. The molecule has 1 aromatic heterocycles. The molecule has 3 N–H and O–H groups in total. The number of nitrogens with two attached hydrogens (primary N) is 1. The van der Waals surface area contributed by atoms with Crippen molar-refractivity contribution in [1.29, 1.82) is 0 Å². The minimum atomic E-state index is -0.186. The van der Waals surface area contributed by atoms with Crippen LogP contribution >= 0.6 is 0 Å². The largest absolute Gasteiger partial charge is 0.346 e. The van der Waals surface area contributed by atoms with Crippen LogP contribution in [0.3, 0.4) is 0 Å². The van der Waals surface area contributed by atoms with Crippen molar-refractivity contribution in [2.45, 2.75) is 59.4 Å². The summed E-state index contributed by atoms with van der Waals surface area (Å²) >= 11 is 0. The van der Waals surface area contributed by atoms with E-state index < -0.39 is 0 Å². The second-order valence-electron chi connectivity index (χ2n) is 5.72. The molecule has 0 saturated heterocycles. The molecule has 0 amide bonds. The molecule has 19 heavy (non-hydrogen) atoms. The fourth-order valence-electron chi connectivity index (χ4n) is 2.35. The Balaban J connectivity index is 2.91. The van der Waals surface area contributed by atoms with Gasteiger partial charge in [-0.25, -0.2) is 4.98 Å². The molecule has 1 aromatic rings. The summed E-state index contributed by atoms with van der Waals surface area (Å²) in [4.78, 5) is 4.56. The second kappa shape index (κ2) is 6.80. The Morgan fingerprint density at radius 2 is 1.79 bits per heavy atom. The van der Waals surface area contributed by atoms with Crippen molar-refractivity contribution in [1.82, 2.24) is 15.2 Å². The lowest BCUT2D eigenvalue weighted by Crippen LogP contribution is -2.44. The SMILES string of the molecule is CCc1nnc(NC(C)(CN)CC(C)C)nc1CC. The maximum Gasteiger partial charge on any atom is 0.243 e. The maximum atomic E-state index is 5.89. The van der Waals surface area contributed by atoms with Crippen LogP contribution in [0.15, 0.2) is 0 Å². The highest BCUT2D eigenvalue weighted by atomic mass is 15.3. The Kier molecular flexibility index (Phi) is 5.66. The van der Waals surface area contributed by atoms with Gasteiger partial charge in [0.15, 0.2) is 0 Å².